The van der Waals surface area contributed by atoms with Crippen LogP contribution in [-0.4, -0.2) is 11.9 Å². The summed E-state index contributed by atoms with van der Waals surface area (Å²) < 4.78 is 5.88. The zero-order valence-electron chi connectivity index (χ0n) is 14.9. The predicted octanol–water partition coefficient (Wildman–Crippen LogP) is 5.36. The molecule has 0 bridgehead atoms. The average Bonchev–Trinajstić information content (AvgIpc) is 2.68. The summed E-state index contributed by atoms with van der Waals surface area (Å²) in [6, 6.07) is 15.4. The van der Waals surface area contributed by atoms with Crippen LogP contribution in [0.1, 0.15) is 67.3 Å². The first-order chi connectivity index (χ1) is 12.2. The molecule has 3 heteroatoms. The molecule has 0 aliphatic heterocycles. The van der Waals surface area contributed by atoms with E-state index in [9.17, 15) is 4.79 Å². The molecule has 0 amide bonds. The maximum atomic E-state index is 12.8. The molecule has 0 radical (unpaired) electrons. The van der Waals surface area contributed by atoms with E-state index >= 15 is 0 Å². The Labute approximate surface area is 150 Å². The first kappa shape index (κ1) is 17.5. The Balaban J connectivity index is 1.71. The van der Waals surface area contributed by atoms with Crippen molar-refractivity contribution in [3.8, 4) is 5.75 Å². The molecule has 0 aromatic heterocycles. The van der Waals surface area contributed by atoms with Gasteiger partial charge in [0.25, 0.3) is 0 Å². The molecule has 1 aliphatic carbocycles. The molecule has 0 heterocycles. The fourth-order valence-corrected chi connectivity index (χ4v) is 3.60. The smallest absolute Gasteiger partial charge is 0.203 e. The van der Waals surface area contributed by atoms with Crippen LogP contribution in [0, 0.1) is 0 Å². The van der Waals surface area contributed by atoms with Gasteiger partial charge in [-0.05, 0) is 42.9 Å². The predicted molar refractivity (Wildman–Crippen MR) is 102 cm³/mol. The number of carbonyl (C=O) groups excluding carboxylic acids is 1. The minimum atomic E-state index is -0.509. The lowest BCUT2D eigenvalue weighted by molar-refractivity contribution is 0.0788. The number of para-hydroxylation sites is 2. The molecule has 1 unspecified atom stereocenters. The van der Waals surface area contributed by atoms with Crippen molar-refractivity contribution >= 4 is 11.5 Å². The Morgan fingerprint density at radius 3 is 2.40 bits per heavy atom. The lowest BCUT2D eigenvalue weighted by atomic mass is 9.84. The van der Waals surface area contributed by atoms with Gasteiger partial charge < -0.3 is 10.5 Å². The van der Waals surface area contributed by atoms with Crippen LogP contribution in [0.5, 0.6) is 5.75 Å². The SMILES string of the molecule is CCC(Oc1ccccc1N)C(=O)c1ccc(C2CCCCC2)cc1. The number of anilines is 1. The van der Waals surface area contributed by atoms with E-state index in [2.05, 4.69) is 12.1 Å². The number of benzene rings is 2. The van der Waals surface area contributed by atoms with Gasteiger partial charge in [-0.1, -0.05) is 62.6 Å². The number of nitrogens with two attached hydrogens (primary N) is 1. The van der Waals surface area contributed by atoms with Crippen LogP contribution in [0.15, 0.2) is 48.5 Å². The van der Waals surface area contributed by atoms with Crippen LogP contribution in [0.4, 0.5) is 5.69 Å². The Morgan fingerprint density at radius 2 is 1.76 bits per heavy atom. The molecule has 3 rings (SSSR count). The van der Waals surface area contributed by atoms with E-state index in [1.165, 1.54) is 37.7 Å². The number of ether oxygens (including phenoxy) is 1. The number of hydrogen-bond acceptors (Lipinski definition) is 3. The highest BCUT2D eigenvalue weighted by molar-refractivity contribution is 5.99. The molecular formula is C22H27NO2. The molecule has 2 N–H and O–H groups in total. The monoisotopic (exact) mass is 337 g/mol. The van der Waals surface area contributed by atoms with Crippen molar-refractivity contribution in [3.63, 3.8) is 0 Å². The summed E-state index contributed by atoms with van der Waals surface area (Å²) in [7, 11) is 0. The lowest BCUT2D eigenvalue weighted by Crippen LogP contribution is -2.27. The molecule has 1 saturated carbocycles. The molecular weight excluding hydrogens is 310 g/mol. The first-order valence-electron chi connectivity index (χ1n) is 9.34. The number of Topliss-reactive ketones (excluding diaryl/α,β-unsaturated/α-hetero) is 1. The molecule has 0 saturated heterocycles. The van der Waals surface area contributed by atoms with Crippen molar-refractivity contribution in [3.05, 3.63) is 59.7 Å². The van der Waals surface area contributed by atoms with E-state index in [0.717, 1.165) is 0 Å². The van der Waals surface area contributed by atoms with Gasteiger partial charge in [0.1, 0.15) is 5.75 Å². The van der Waals surface area contributed by atoms with E-state index in [1.807, 2.05) is 31.2 Å². The summed E-state index contributed by atoms with van der Waals surface area (Å²) in [4.78, 5) is 12.8. The van der Waals surface area contributed by atoms with Crippen LogP contribution >= 0.6 is 0 Å². The highest BCUT2D eigenvalue weighted by atomic mass is 16.5. The van der Waals surface area contributed by atoms with Crippen LogP contribution < -0.4 is 10.5 Å². The summed E-state index contributed by atoms with van der Waals surface area (Å²) in [5, 5.41) is 0. The maximum absolute atomic E-state index is 12.8. The van der Waals surface area contributed by atoms with Crippen molar-refractivity contribution in [1.29, 1.82) is 0 Å². The number of ketones is 1. The van der Waals surface area contributed by atoms with E-state index < -0.39 is 6.10 Å². The Kier molecular flexibility index (Phi) is 5.75. The number of nitrogen functional groups attached to an aromatic ring is 1. The molecule has 2 aromatic rings. The number of rotatable bonds is 6. The van der Waals surface area contributed by atoms with Crippen molar-refractivity contribution in [2.45, 2.75) is 57.5 Å². The zero-order valence-corrected chi connectivity index (χ0v) is 14.9. The van der Waals surface area contributed by atoms with Crippen LogP contribution in [-0.2, 0) is 0 Å². The van der Waals surface area contributed by atoms with Crippen molar-refractivity contribution < 1.29 is 9.53 Å². The van der Waals surface area contributed by atoms with Crippen molar-refractivity contribution in [2.24, 2.45) is 0 Å². The maximum Gasteiger partial charge on any atom is 0.203 e. The molecule has 1 atom stereocenters. The minimum absolute atomic E-state index is 0.0148. The third-order valence-corrected chi connectivity index (χ3v) is 5.12. The highest BCUT2D eigenvalue weighted by Crippen LogP contribution is 2.32. The summed E-state index contributed by atoms with van der Waals surface area (Å²) in [5.41, 5.74) is 8.55. The van der Waals surface area contributed by atoms with Gasteiger partial charge in [-0.15, -0.1) is 0 Å². The second-order valence-corrected chi connectivity index (χ2v) is 6.87. The van der Waals surface area contributed by atoms with Gasteiger partial charge in [-0.2, -0.15) is 0 Å². The molecule has 0 spiro atoms. The van der Waals surface area contributed by atoms with Gasteiger partial charge in [0, 0.05) is 5.56 Å². The third kappa shape index (κ3) is 4.22. The molecule has 1 aliphatic rings. The van der Waals surface area contributed by atoms with Crippen molar-refractivity contribution in [1.82, 2.24) is 0 Å². The zero-order chi connectivity index (χ0) is 17.6. The third-order valence-electron chi connectivity index (χ3n) is 5.12. The van der Waals surface area contributed by atoms with E-state index in [4.69, 9.17) is 10.5 Å². The van der Waals surface area contributed by atoms with Gasteiger partial charge in [-0.25, -0.2) is 0 Å². The summed E-state index contributed by atoms with van der Waals surface area (Å²) >= 11 is 0. The summed E-state index contributed by atoms with van der Waals surface area (Å²) in [6.07, 6.45) is 6.61. The average molecular weight is 337 g/mol. The van der Waals surface area contributed by atoms with E-state index in [-0.39, 0.29) is 5.78 Å². The molecule has 3 nitrogen and oxygen atoms in total. The topological polar surface area (TPSA) is 52.3 Å². The van der Waals surface area contributed by atoms with Crippen LogP contribution in [0.3, 0.4) is 0 Å². The molecule has 132 valence electrons. The van der Waals surface area contributed by atoms with Gasteiger partial charge in [-0.3, -0.25) is 4.79 Å². The van der Waals surface area contributed by atoms with Crippen molar-refractivity contribution in [2.75, 3.05) is 5.73 Å². The van der Waals surface area contributed by atoms with Crippen LogP contribution in [0.25, 0.3) is 0 Å². The highest BCUT2D eigenvalue weighted by Gasteiger charge is 2.22. The summed E-state index contributed by atoms with van der Waals surface area (Å²) in [5.74, 6) is 1.24. The normalized spacial score (nSPS) is 16.4. The Hall–Kier alpha value is -2.29. The van der Waals surface area contributed by atoms with Gasteiger partial charge in [0.2, 0.25) is 5.78 Å². The van der Waals surface area contributed by atoms with Gasteiger partial charge >= 0.3 is 0 Å². The largest absolute Gasteiger partial charge is 0.480 e. The van der Waals surface area contributed by atoms with Gasteiger partial charge in [0.05, 0.1) is 5.69 Å². The molecule has 1 fully saturated rings. The number of hydrogen-bond donors (Lipinski definition) is 1. The van der Waals surface area contributed by atoms with E-state index in [0.29, 0.717) is 29.3 Å². The van der Waals surface area contributed by atoms with Gasteiger partial charge in [0.15, 0.2) is 6.10 Å². The van der Waals surface area contributed by atoms with Crippen LogP contribution in [0.2, 0.25) is 0 Å². The Morgan fingerprint density at radius 1 is 1.08 bits per heavy atom. The quantitative estimate of drug-likeness (QED) is 0.570. The minimum Gasteiger partial charge on any atom is -0.480 e. The summed E-state index contributed by atoms with van der Waals surface area (Å²) in [6.45, 7) is 1.96. The lowest BCUT2D eigenvalue weighted by Gasteiger charge is -2.22. The Bertz CT molecular complexity index is 702. The first-order valence-corrected chi connectivity index (χ1v) is 9.34. The fourth-order valence-electron chi connectivity index (χ4n) is 3.60. The fraction of sp³-hybridized carbons (Fsp3) is 0.409. The second-order valence-electron chi connectivity index (χ2n) is 6.87. The standard InChI is InChI=1S/C22H27NO2/c1-2-20(25-21-11-7-6-10-19(21)23)22(24)18-14-12-17(13-15-18)16-8-4-3-5-9-16/h6-7,10-16,20H,2-5,8-9,23H2,1H3. The van der Waals surface area contributed by atoms with E-state index in [1.54, 1.807) is 12.1 Å². The second kappa shape index (κ2) is 8.19. The number of carbonyl (C=O) groups is 1. The molecule has 25 heavy (non-hydrogen) atoms. The molecule has 2 aromatic carbocycles.